The summed E-state index contributed by atoms with van der Waals surface area (Å²) in [7, 11) is 0. The van der Waals surface area contributed by atoms with Gasteiger partial charge in [-0.05, 0) is 36.8 Å². The second-order valence-corrected chi connectivity index (χ2v) is 5.85. The van der Waals surface area contributed by atoms with Gasteiger partial charge in [-0.1, -0.05) is 12.1 Å². The highest BCUT2D eigenvalue weighted by Crippen LogP contribution is 2.19. The van der Waals surface area contributed by atoms with Crippen LogP contribution >= 0.6 is 11.3 Å². The van der Waals surface area contributed by atoms with Crippen molar-refractivity contribution in [1.82, 2.24) is 5.32 Å². The van der Waals surface area contributed by atoms with Crippen molar-refractivity contribution in [3.8, 4) is 0 Å². The molecule has 0 spiro atoms. The fourth-order valence-electron chi connectivity index (χ4n) is 1.91. The van der Waals surface area contributed by atoms with Crippen molar-refractivity contribution in [3.05, 3.63) is 57.5 Å². The van der Waals surface area contributed by atoms with Crippen molar-refractivity contribution in [1.29, 1.82) is 0 Å². The molecule has 5 heteroatoms. The first-order valence-electron chi connectivity index (χ1n) is 6.33. The number of thiophene rings is 1. The molecule has 1 aromatic carbocycles. The van der Waals surface area contributed by atoms with Gasteiger partial charge in [0.15, 0.2) is 0 Å². The lowest BCUT2D eigenvalue weighted by Gasteiger charge is -2.13. The second-order valence-electron chi connectivity index (χ2n) is 4.60. The molecule has 106 valence electrons. The number of hydrogen-bond donors (Lipinski definition) is 2. The van der Waals surface area contributed by atoms with E-state index in [0.717, 1.165) is 15.3 Å². The molecule has 2 rings (SSSR count). The van der Waals surface area contributed by atoms with Crippen molar-refractivity contribution < 1.29 is 14.3 Å². The van der Waals surface area contributed by atoms with Gasteiger partial charge in [0.1, 0.15) is 5.82 Å². The topological polar surface area (TPSA) is 49.3 Å². The second kappa shape index (κ2) is 6.63. The minimum Gasteiger partial charge on any atom is -0.481 e. The molecule has 0 aliphatic carbocycles. The van der Waals surface area contributed by atoms with Gasteiger partial charge in [-0.2, -0.15) is 0 Å². The maximum absolute atomic E-state index is 13.1. The van der Waals surface area contributed by atoms with Gasteiger partial charge in [0.05, 0.1) is 6.42 Å². The van der Waals surface area contributed by atoms with Crippen molar-refractivity contribution in [3.63, 3.8) is 0 Å². The molecule has 2 aromatic rings. The van der Waals surface area contributed by atoms with Crippen LogP contribution in [0.2, 0.25) is 0 Å². The van der Waals surface area contributed by atoms with Crippen LogP contribution in [0.15, 0.2) is 36.4 Å². The predicted octanol–water partition coefficient (Wildman–Crippen LogP) is 3.37. The Bertz CT molecular complexity index is 597. The fraction of sp³-hybridized carbons (Fsp3) is 0.267. The van der Waals surface area contributed by atoms with E-state index in [4.69, 9.17) is 5.11 Å². The Hall–Kier alpha value is -1.72. The number of benzene rings is 1. The highest BCUT2D eigenvalue weighted by molar-refractivity contribution is 7.12. The number of carbonyl (C=O) groups is 1. The lowest BCUT2D eigenvalue weighted by molar-refractivity contribution is -0.136. The van der Waals surface area contributed by atoms with Crippen molar-refractivity contribution in [2.24, 2.45) is 0 Å². The maximum Gasteiger partial charge on any atom is 0.308 e. The number of carboxylic acid groups (broad SMARTS) is 1. The number of nitrogens with one attached hydrogen (secondary N) is 1. The summed E-state index contributed by atoms with van der Waals surface area (Å²) in [4.78, 5) is 12.5. The van der Waals surface area contributed by atoms with E-state index in [9.17, 15) is 9.18 Å². The summed E-state index contributed by atoms with van der Waals surface area (Å²) in [5.41, 5.74) is 0.896. The molecule has 3 nitrogen and oxygen atoms in total. The number of aliphatic carboxylic acids is 1. The zero-order valence-corrected chi connectivity index (χ0v) is 11.9. The normalized spacial score (nSPS) is 12.3. The largest absolute Gasteiger partial charge is 0.481 e. The molecule has 1 unspecified atom stereocenters. The van der Waals surface area contributed by atoms with Gasteiger partial charge in [-0.15, -0.1) is 11.3 Å². The minimum atomic E-state index is -0.820. The van der Waals surface area contributed by atoms with Crippen LogP contribution in [0.25, 0.3) is 0 Å². The molecule has 0 fully saturated rings. The Morgan fingerprint density at radius 1 is 1.35 bits per heavy atom. The fourth-order valence-corrected chi connectivity index (χ4v) is 2.87. The van der Waals surface area contributed by atoms with Crippen molar-refractivity contribution in [2.75, 3.05) is 0 Å². The Labute approximate surface area is 121 Å². The summed E-state index contributed by atoms with van der Waals surface area (Å²) in [6, 6.07) is 10.3. The zero-order valence-electron chi connectivity index (χ0n) is 11.1. The minimum absolute atomic E-state index is 0.0377. The van der Waals surface area contributed by atoms with E-state index >= 15 is 0 Å². The standard InChI is InChI=1S/C15H16FNO2S/c1-10(11-3-2-4-12(16)7-11)17-9-14-6-5-13(20-14)8-15(18)19/h2-7,10,17H,8-9H2,1H3,(H,18,19). The van der Waals surface area contributed by atoms with Gasteiger partial charge in [0.2, 0.25) is 0 Å². The van der Waals surface area contributed by atoms with Crippen LogP contribution < -0.4 is 5.32 Å². The average molecular weight is 293 g/mol. The number of rotatable bonds is 6. The summed E-state index contributed by atoms with van der Waals surface area (Å²) in [6.07, 6.45) is 0.0596. The number of carboxylic acids is 1. The maximum atomic E-state index is 13.1. The third-order valence-electron chi connectivity index (χ3n) is 2.97. The molecular formula is C15H16FNO2S. The smallest absolute Gasteiger partial charge is 0.308 e. The summed E-state index contributed by atoms with van der Waals surface area (Å²) in [5.74, 6) is -1.06. The molecule has 1 heterocycles. The van der Waals surface area contributed by atoms with Crippen LogP contribution in [-0.2, 0) is 17.8 Å². The molecule has 0 radical (unpaired) electrons. The van der Waals surface area contributed by atoms with Gasteiger partial charge in [-0.3, -0.25) is 4.79 Å². The van der Waals surface area contributed by atoms with Crippen LogP contribution in [0.3, 0.4) is 0 Å². The van der Waals surface area contributed by atoms with Crippen LogP contribution in [0, 0.1) is 5.82 Å². The first-order chi connectivity index (χ1) is 9.54. The van der Waals surface area contributed by atoms with E-state index in [2.05, 4.69) is 5.32 Å². The van der Waals surface area contributed by atoms with Gasteiger partial charge < -0.3 is 10.4 Å². The Kier molecular flexibility index (Phi) is 4.87. The Balaban J connectivity index is 1.91. The first-order valence-corrected chi connectivity index (χ1v) is 7.14. The van der Waals surface area contributed by atoms with E-state index in [-0.39, 0.29) is 18.3 Å². The lowest BCUT2D eigenvalue weighted by Crippen LogP contribution is -2.17. The molecule has 20 heavy (non-hydrogen) atoms. The highest BCUT2D eigenvalue weighted by atomic mass is 32.1. The Morgan fingerprint density at radius 3 is 2.80 bits per heavy atom. The van der Waals surface area contributed by atoms with Gasteiger partial charge in [-0.25, -0.2) is 4.39 Å². The SMILES string of the molecule is CC(NCc1ccc(CC(=O)O)s1)c1cccc(F)c1. The van der Waals surface area contributed by atoms with Crippen LogP contribution in [0.1, 0.15) is 28.3 Å². The van der Waals surface area contributed by atoms with Crippen LogP contribution in [-0.4, -0.2) is 11.1 Å². The van der Waals surface area contributed by atoms with Gasteiger partial charge in [0.25, 0.3) is 0 Å². The van der Waals surface area contributed by atoms with Crippen molar-refractivity contribution in [2.45, 2.75) is 25.9 Å². The number of halogens is 1. The third-order valence-corrected chi connectivity index (χ3v) is 4.06. The first kappa shape index (κ1) is 14.7. The Morgan fingerprint density at radius 2 is 2.10 bits per heavy atom. The molecule has 0 saturated heterocycles. The monoisotopic (exact) mass is 293 g/mol. The summed E-state index contributed by atoms with van der Waals surface area (Å²) >= 11 is 1.48. The third kappa shape index (κ3) is 4.15. The zero-order chi connectivity index (χ0) is 14.5. The molecule has 0 aliphatic heterocycles. The van der Waals surface area contributed by atoms with Crippen LogP contribution in [0.4, 0.5) is 4.39 Å². The lowest BCUT2D eigenvalue weighted by atomic mass is 10.1. The van der Waals surface area contributed by atoms with E-state index < -0.39 is 5.97 Å². The summed E-state index contributed by atoms with van der Waals surface area (Å²) < 4.78 is 13.1. The van der Waals surface area contributed by atoms with E-state index in [0.29, 0.717) is 6.54 Å². The molecule has 0 saturated carbocycles. The number of hydrogen-bond acceptors (Lipinski definition) is 3. The summed E-state index contributed by atoms with van der Waals surface area (Å²) in [5, 5.41) is 12.0. The summed E-state index contributed by atoms with van der Waals surface area (Å²) in [6.45, 7) is 2.61. The molecular weight excluding hydrogens is 277 g/mol. The molecule has 0 aliphatic rings. The molecule has 1 atom stereocenters. The predicted molar refractivity (Wildman–Crippen MR) is 77.3 cm³/mol. The van der Waals surface area contributed by atoms with E-state index in [1.165, 1.54) is 23.5 Å². The molecule has 1 aromatic heterocycles. The van der Waals surface area contributed by atoms with Crippen LogP contribution in [0.5, 0.6) is 0 Å². The van der Waals surface area contributed by atoms with Gasteiger partial charge in [0, 0.05) is 22.3 Å². The van der Waals surface area contributed by atoms with E-state index in [1.54, 1.807) is 6.07 Å². The molecule has 2 N–H and O–H groups in total. The van der Waals surface area contributed by atoms with E-state index in [1.807, 2.05) is 25.1 Å². The highest BCUT2D eigenvalue weighted by Gasteiger charge is 2.08. The van der Waals surface area contributed by atoms with Gasteiger partial charge >= 0.3 is 5.97 Å². The molecule has 0 bridgehead atoms. The molecule has 0 amide bonds. The average Bonchev–Trinajstić information content (AvgIpc) is 2.82. The van der Waals surface area contributed by atoms with Crippen molar-refractivity contribution >= 4 is 17.3 Å². The quantitative estimate of drug-likeness (QED) is 0.858.